The van der Waals surface area contributed by atoms with E-state index in [2.05, 4.69) is 31.1 Å². The molecule has 0 saturated carbocycles. The third-order valence-electron chi connectivity index (χ3n) is 1.23. The summed E-state index contributed by atoms with van der Waals surface area (Å²) in [6, 6.07) is 0. The SMILES string of the molecule is C[C@@H](CO)CC#C[Si](C)(C)C. The van der Waals surface area contributed by atoms with Crippen LogP contribution in [0.2, 0.25) is 19.6 Å². The molecule has 0 aromatic heterocycles. The van der Waals surface area contributed by atoms with Gasteiger partial charge in [0.2, 0.25) is 0 Å². The van der Waals surface area contributed by atoms with Gasteiger partial charge in [-0.25, -0.2) is 0 Å². The van der Waals surface area contributed by atoms with Gasteiger partial charge in [0.05, 0.1) is 0 Å². The van der Waals surface area contributed by atoms with Crippen LogP contribution in [0.1, 0.15) is 13.3 Å². The molecular formula is C9H18OSi. The van der Waals surface area contributed by atoms with Gasteiger partial charge < -0.3 is 5.11 Å². The van der Waals surface area contributed by atoms with Crippen LogP contribution in [-0.4, -0.2) is 19.8 Å². The van der Waals surface area contributed by atoms with E-state index >= 15 is 0 Å². The number of aliphatic hydroxyl groups is 1. The average molecular weight is 170 g/mol. The van der Waals surface area contributed by atoms with Crippen LogP contribution in [0.3, 0.4) is 0 Å². The van der Waals surface area contributed by atoms with E-state index in [9.17, 15) is 0 Å². The molecule has 0 rings (SSSR count). The van der Waals surface area contributed by atoms with Gasteiger partial charge in [0.15, 0.2) is 0 Å². The fraction of sp³-hybridized carbons (Fsp3) is 0.778. The van der Waals surface area contributed by atoms with Gasteiger partial charge in [-0.2, -0.15) is 0 Å². The quantitative estimate of drug-likeness (QED) is 0.495. The van der Waals surface area contributed by atoms with Gasteiger partial charge in [-0.05, 0) is 5.92 Å². The van der Waals surface area contributed by atoms with Crippen LogP contribution in [-0.2, 0) is 0 Å². The largest absolute Gasteiger partial charge is 0.396 e. The van der Waals surface area contributed by atoms with Crippen LogP contribution in [0.25, 0.3) is 0 Å². The number of hydrogen-bond donors (Lipinski definition) is 1. The Morgan fingerprint density at radius 1 is 1.36 bits per heavy atom. The van der Waals surface area contributed by atoms with Crippen molar-refractivity contribution in [1.82, 2.24) is 0 Å². The van der Waals surface area contributed by atoms with E-state index in [1.165, 1.54) is 0 Å². The summed E-state index contributed by atoms with van der Waals surface area (Å²) in [7, 11) is -1.18. The minimum Gasteiger partial charge on any atom is -0.396 e. The maximum absolute atomic E-state index is 8.71. The van der Waals surface area contributed by atoms with Crippen molar-refractivity contribution in [2.45, 2.75) is 33.0 Å². The van der Waals surface area contributed by atoms with Crippen molar-refractivity contribution in [3.63, 3.8) is 0 Å². The standard InChI is InChI=1S/C9H18OSi/c1-9(8-10)6-5-7-11(2,3)4/h9-10H,6,8H2,1-4H3/t9-/m1/s1. The normalized spacial score (nSPS) is 13.5. The van der Waals surface area contributed by atoms with Gasteiger partial charge in [0.25, 0.3) is 0 Å². The Labute approximate surface area is 70.8 Å². The molecule has 0 heterocycles. The highest BCUT2D eigenvalue weighted by atomic mass is 28.3. The summed E-state index contributed by atoms with van der Waals surface area (Å²) >= 11 is 0. The second-order valence-electron chi connectivity index (χ2n) is 4.04. The highest BCUT2D eigenvalue weighted by Crippen LogP contribution is 2.00. The summed E-state index contributed by atoms with van der Waals surface area (Å²) < 4.78 is 0. The Balaban J connectivity index is 3.73. The summed E-state index contributed by atoms with van der Waals surface area (Å²) in [5.74, 6) is 3.46. The summed E-state index contributed by atoms with van der Waals surface area (Å²) in [6.07, 6.45) is 0.834. The van der Waals surface area contributed by atoms with Crippen LogP contribution in [0.5, 0.6) is 0 Å². The molecule has 0 aromatic rings. The van der Waals surface area contributed by atoms with E-state index < -0.39 is 8.07 Å². The fourth-order valence-electron chi connectivity index (χ4n) is 0.555. The van der Waals surface area contributed by atoms with Gasteiger partial charge in [-0.3, -0.25) is 0 Å². The molecule has 0 aliphatic rings. The first-order valence-corrected chi connectivity index (χ1v) is 7.56. The lowest BCUT2D eigenvalue weighted by Gasteiger charge is -2.04. The third-order valence-corrected chi connectivity index (χ3v) is 2.15. The first-order chi connectivity index (χ1) is 4.95. The number of aliphatic hydroxyl groups excluding tert-OH is 1. The molecule has 0 unspecified atom stereocenters. The smallest absolute Gasteiger partial charge is 0.129 e. The van der Waals surface area contributed by atoms with Crippen molar-refractivity contribution in [2.24, 2.45) is 5.92 Å². The van der Waals surface area contributed by atoms with Crippen molar-refractivity contribution in [3.8, 4) is 11.5 Å². The topological polar surface area (TPSA) is 20.2 Å². The van der Waals surface area contributed by atoms with Crippen molar-refractivity contribution in [2.75, 3.05) is 6.61 Å². The molecule has 0 fully saturated rings. The van der Waals surface area contributed by atoms with Gasteiger partial charge >= 0.3 is 0 Å². The van der Waals surface area contributed by atoms with Crippen LogP contribution in [0.15, 0.2) is 0 Å². The van der Waals surface area contributed by atoms with E-state index in [4.69, 9.17) is 5.11 Å². The first-order valence-electron chi connectivity index (χ1n) is 4.06. The third kappa shape index (κ3) is 7.64. The Hall–Kier alpha value is -0.263. The molecule has 2 heteroatoms. The molecule has 0 aromatic carbocycles. The maximum Gasteiger partial charge on any atom is 0.129 e. The molecule has 0 bridgehead atoms. The maximum atomic E-state index is 8.71. The highest BCUT2D eigenvalue weighted by molar-refractivity contribution is 6.83. The predicted octanol–water partition coefficient (Wildman–Crippen LogP) is 1.89. The van der Waals surface area contributed by atoms with Crippen LogP contribution in [0, 0.1) is 17.4 Å². The van der Waals surface area contributed by atoms with Crippen molar-refractivity contribution in [1.29, 1.82) is 0 Å². The Morgan fingerprint density at radius 2 is 1.91 bits per heavy atom. The van der Waals surface area contributed by atoms with Crippen LogP contribution in [0.4, 0.5) is 0 Å². The zero-order valence-corrected chi connectivity index (χ0v) is 8.94. The molecule has 1 atom stereocenters. The molecular weight excluding hydrogens is 152 g/mol. The monoisotopic (exact) mass is 170 g/mol. The second kappa shape index (κ2) is 4.58. The molecule has 11 heavy (non-hydrogen) atoms. The second-order valence-corrected chi connectivity index (χ2v) is 8.79. The lowest BCUT2D eigenvalue weighted by atomic mass is 10.1. The van der Waals surface area contributed by atoms with Gasteiger partial charge in [-0.15, -0.1) is 11.5 Å². The lowest BCUT2D eigenvalue weighted by molar-refractivity contribution is 0.240. The summed E-state index contributed by atoms with van der Waals surface area (Å²) in [6.45, 7) is 8.94. The summed E-state index contributed by atoms with van der Waals surface area (Å²) in [5, 5.41) is 8.71. The van der Waals surface area contributed by atoms with E-state index in [1.54, 1.807) is 0 Å². The van der Waals surface area contributed by atoms with E-state index in [1.807, 2.05) is 6.92 Å². The van der Waals surface area contributed by atoms with Gasteiger partial charge in [-0.1, -0.05) is 26.6 Å². The zero-order valence-electron chi connectivity index (χ0n) is 7.94. The van der Waals surface area contributed by atoms with Crippen molar-refractivity contribution >= 4 is 8.07 Å². The Morgan fingerprint density at radius 3 is 2.27 bits per heavy atom. The Bertz CT molecular complexity index is 159. The predicted molar refractivity (Wildman–Crippen MR) is 52.0 cm³/mol. The summed E-state index contributed by atoms with van der Waals surface area (Å²) in [5.41, 5.74) is 3.26. The minimum atomic E-state index is -1.18. The molecule has 1 N–H and O–H groups in total. The molecule has 0 amide bonds. The fourth-order valence-corrected chi connectivity index (χ4v) is 1.19. The molecule has 0 saturated heterocycles. The van der Waals surface area contributed by atoms with E-state index in [0.717, 1.165) is 6.42 Å². The highest BCUT2D eigenvalue weighted by Gasteiger charge is 2.07. The minimum absolute atomic E-state index is 0.250. The van der Waals surface area contributed by atoms with Crippen molar-refractivity contribution < 1.29 is 5.11 Å². The average Bonchev–Trinajstić information content (AvgIpc) is 1.85. The van der Waals surface area contributed by atoms with Crippen LogP contribution >= 0.6 is 0 Å². The molecule has 0 aliphatic heterocycles. The van der Waals surface area contributed by atoms with Crippen LogP contribution < -0.4 is 0 Å². The van der Waals surface area contributed by atoms with E-state index in [0.29, 0.717) is 5.92 Å². The molecule has 64 valence electrons. The van der Waals surface area contributed by atoms with Crippen molar-refractivity contribution in [3.05, 3.63) is 0 Å². The number of rotatable bonds is 2. The lowest BCUT2D eigenvalue weighted by Crippen LogP contribution is -2.16. The van der Waals surface area contributed by atoms with Gasteiger partial charge in [0.1, 0.15) is 8.07 Å². The van der Waals surface area contributed by atoms with Gasteiger partial charge in [0, 0.05) is 13.0 Å². The zero-order chi connectivity index (χ0) is 8.91. The molecule has 0 spiro atoms. The molecule has 1 nitrogen and oxygen atoms in total. The first kappa shape index (κ1) is 10.7. The molecule has 0 radical (unpaired) electrons. The van der Waals surface area contributed by atoms with E-state index in [-0.39, 0.29) is 6.61 Å². The Kier molecular flexibility index (Phi) is 4.47. The molecule has 0 aliphatic carbocycles. The number of hydrogen-bond acceptors (Lipinski definition) is 1. The summed E-state index contributed by atoms with van der Waals surface area (Å²) in [4.78, 5) is 0.